The van der Waals surface area contributed by atoms with Gasteiger partial charge in [-0.1, -0.05) is 398 Å². The number of allylic oxidation sites excluding steroid dienone is 4. The number of hydrogen-bond acceptors (Lipinski definition) is 5. The van der Waals surface area contributed by atoms with E-state index in [9.17, 15) is 19.8 Å². The maximum atomic E-state index is 12.6. The fourth-order valence-corrected chi connectivity index (χ4v) is 12.6. The molecule has 0 aromatic heterocycles. The van der Waals surface area contributed by atoms with Gasteiger partial charge in [0.05, 0.1) is 25.4 Å². The first kappa shape index (κ1) is 83.3. The van der Waals surface area contributed by atoms with Crippen molar-refractivity contribution in [2.75, 3.05) is 13.2 Å². The molecule has 0 aliphatic rings. The van der Waals surface area contributed by atoms with Crippen molar-refractivity contribution >= 4 is 11.9 Å². The molecule has 1 amide bonds. The van der Waals surface area contributed by atoms with E-state index in [1.54, 1.807) is 0 Å². The molecule has 0 aromatic carbocycles. The zero-order valence-electron chi connectivity index (χ0n) is 57.9. The van der Waals surface area contributed by atoms with E-state index in [2.05, 4.69) is 43.5 Å². The highest BCUT2D eigenvalue weighted by molar-refractivity contribution is 5.76. The second kappa shape index (κ2) is 74.8. The summed E-state index contributed by atoms with van der Waals surface area (Å²) in [7, 11) is 0. The van der Waals surface area contributed by atoms with Gasteiger partial charge in [-0.25, -0.2) is 0 Å². The Balaban J connectivity index is 3.40. The van der Waals surface area contributed by atoms with E-state index in [0.717, 1.165) is 44.9 Å². The maximum Gasteiger partial charge on any atom is 0.305 e. The highest BCUT2D eigenvalue weighted by atomic mass is 16.5. The zero-order valence-corrected chi connectivity index (χ0v) is 57.9. The molecule has 504 valence electrons. The summed E-state index contributed by atoms with van der Waals surface area (Å²) in [5.74, 6) is -0.0173. The van der Waals surface area contributed by atoms with Crippen molar-refractivity contribution in [3.05, 3.63) is 24.3 Å². The van der Waals surface area contributed by atoms with Crippen LogP contribution in [0.5, 0.6) is 0 Å². The summed E-state index contributed by atoms with van der Waals surface area (Å²) in [6.45, 7) is 5.00. The van der Waals surface area contributed by atoms with Crippen molar-refractivity contribution < 1.29 is 24.5 Å². The first-order valence-electron chi connectivity index (χ1n) is 39.1. The third kappa shape index (κ3) is 71.3. The minimum absolute atomic E-state index is 0.0153. The highest BCUT2D eigenvalue weighted by Crippen LogP contribution is 2.20. The van der Waals surface area contributed by atoms with E-state index in [-0.39, 0.29) is 18.5 Å². The van der Waals surface area contributed by atoms with Crippen LogP contribution in [0.3, 0.4) is 0 Å². The fourth-order valence-electron chi connectivity index (χ4n) is 12.6. The van der Waals surface area contributed by atoms with E-state index < -0.39 is 12.1 Å². The van der Waals surface area contributed by atoms with Crippen molar-refractivity contribution in [2.45, 2.75) is 456 Å². The van der Waals surface area contributed by atoms with E-state index in [4.69, 9.17) is 4.74 Å². The van der Waals surface area contributed by atoms with Crippen LogP contribution in [0.15, 0.2) is 24.3 Å². The van der Waals surface area contributed by atoms with Crippen molar-refractivity contribution in [3.8, 4) is 0 Å². The second-order valence-electron chi connectivity index (χ2n) is 27.0. The molecule has 0 fully saturated rings. The molecule has 85 heavy (non-hydrogen) atoms. The summed E-state index contributed by atoms with van der Waals surface area (Å²) in [6.07, 6.45) is 95.4. The Hall–Kier alpha value is -1.66. The normalized spacial score (nSPS) is 12.6. The molecule has 0 aliphatic carbocycles. The first-order chi connectivity index (χ1) is 42.0. The molecule has 0 aromatic rings. The van der Waals surface area contributed by atoms with Gasteiger partial charge >= 0.3 is 5.97 Å². The minimum Gasteiger partial charge on any atom is -0.466 e. The number of rotatable bonds is 74. The van der Waals surface area contributed by atoms with Gasteiger partial charge in [-0.2, -0.15) is 0 Å². The van der Waals surface area contributed by atoms with Gasteiger partial charge in [-0.05, 0) is 57.8 Å². The van der Waals surface area contributed by atoms with Crippen LogP contribution in [0, 0.1) is 0 Å². The molecule has 2 unspecified atom stereocenters. The molecule has 6 heteroatoms. The Bertz CT molecular complexity index is 1330. The van der Waals surface area contributed by atoms with Crippen LogP contribution in [0.25, 0.3) is 0 Å². The van der Waals surface area contributed by atoms with Gasteiger partial charge in [0.2, 0.25) is 5.91 Å². The van der Waals surface area contributed by atoms with Crippen LogP contribution >= 0.6 is 0 Å². The number of ether oxygens (including phenoxy) is 1. The number of esters is 1. The Kier molecular flexibility index (Phi) is 73.3. The molecular weight excluding hydrogens is 1040 g/mol. The predicted octanol–water partition coefficient (Wildman–Crippen LogP) is 25.7. The van der Waals surface area contributed by atoms with Crippen molar-refractivity contribution in [2.24, 2.45) is 0 Å². The molecule has 0 rings (SSSR count). The number of nitrogens with one attached hydrogen (secondary N) is 1. The molecule has 0 heterocycles. The quantitative estimate of drug-likeness (QED) is 0.0320. The second-order valence-corrected chi connectivity index (χ2v) is 27.0. The van der Waals surface area contributed by atoms with E-state index in [1.165, 1.54) is 366 Å². The van der Waals surface area contributed by atoms with Crippen LogP contribution in [0.1, 0.15) is 444 Å². The number of carbonyl (C=O) groups excluding carboxylic acids is 2. The molecule has 6 nitrogen and oxygen atoms in total. The van der Waals surface area contributed by atoms with Gasteiger partial charge in [-0.3, -0.25) is 9.59 Å². The Morgan fingerprint density at radius 2 is 0.588 bits per heavy atom. The van der Waals surface area contributed by atoms with Crippen LogP contribution in [-0.4, -0.2) is 47.4 Å². The van der Waals surface area contributed by atoms with E-state index in [1.807, 2.05) is 0 Å². The van der Waals surface area contributed by atoms with Gasteiger partial charge in [-0.15, -0.1) is 0 Å². The Labute approximate surface area is 532 Å². The largest absolute Gasteiger partial charge is 0.466 e. The first-order valence-corrected chi connectivity index (χ1v) is 39.1. The monoisotopic (exact) mass is 1200 g/mol. The third-order valence-electron chi connectivity index (χ3n) is 18.5. The topological polar surface area (TPSA) is 95.9 Å². The molecule has 0 aliphatic heterocycles. The predicted molar refractivity (Wildman–Crippen MR) is 375 cm³/mol. The smallest absolute Gasteiger partial charge is 0.305 e. The lowest BCUT2D eigenvalue weighted by Gasteiger charge is -2.22. The number of carbonyl (C=O) groups is 2. The number of aliphatic hydroxyl groups is 2. The third-order valence-corrected chi connectivity index (χ3v) is 18.5. The molecule has 0 spiro atoms. The lowest BCUT2D eigenvalue weighted by atomic mass is 10.0. The van der Waals surface area contributed by atoms with Gasteiger partial charge < -0.3 is 20.3 Å². The number of unbranched alkanes of at least 4 members (excludes halogenated alkanes) is 59. The van der Waals surface area contributed by atoms with Gasteiger partial charge in [0.25, 0.3) is 0 Å². The molecule has 0 saturated heterocycles. The maximum absolute atomic E-state index is 12.6. The SMILES string of the molecule is CCCCCCCCCCCCCCCCCCCCCCCCCCCC(O)C(CO)NC(=O)CCCCCCCCCCCCC/C=C\C/C=C\CCCCCCCCCCCOC(=O)CCCCCCCCCCCCCCCCCC. The van der Waals surface area contributed by atoms with Crippen LogP contribution in [-0.2, 0) is 14.3 Å². The van der Waals surface area contributed by atoms with Gasteiger partial charge in [0.15, 0.2) is 0 Å². The average molecular weight is 1200 g/mol. The van der Waals surface area contributed by atoms with Gasteiger partial charge in [0.1, 0.15) is 0 Å². The van der Waals surface area contributed by atoms with Gasteiger partial charge in [0, 0.05) is 12.8 Å². The molecule has 0 radical (unpaired) electrons. The molecule has 2 atom stereocenters. The van der Waals surface area contributed by atoms with Crippen molar-refractivity contribution in [3.63, 3.8) is 0 Å². The lowest BCUT2D eigenvalue weighted by Crippen LogP contribution is -2.45. The standard InChI is InChI=1S/C79H153NO5/c1-3-5-7-9-11-13-15-17-19-21-22-23-24-28-31-34-37-40-43-47-51-55-59-63-67-71-77(82)76(75-81)80-78(83)72-68-64-60-56-52-48-44-41-38-35-32-29-26-25-27-30-33-36-39-42-46-50-54-58-62-66-70-74-85-79(84)73-69-65-61-57-53-49-45-20-18-16-14-12-10-8-6-4-2/h25-26,30,33,76-77,81-82H,3-24,27-29,31-32,34-75H2,1-2H3,(H,80,83)/b26-25-,33-30-. The molecular formula is C79H153NO5. The molecule has 0 bridgehead atoms. The number of aliphatic hydroxyl groups excluding tert-OH is 2. The summed E-state index contributed by atoms with van der Waals surface area (Å²) in [4.78, 5) is 24.7. The van der Waals surface area contributed by atoms with Crippen LogP contribution in [0.2, 0.25) is 0 Å². The number of amides is 1. The highest BCUT2D eigenvalue weighted by Gasteiger charge is 2.20. The average Bonchev–Trinajstić information content (AvgIpc) is 3.50. The summed E-state index contributed by atoms with van der Waals surface area (Å²) >= 11 is 0. The lowest BCUT2D eigenvalue weighted by molar-refractivity contribution is -0.143. The van der Waals surface area contributed by atoms with Crippen molar-refractivity contribution in [1.82, 2.24) is 5.32 Å². The fraction of sp³-hybridized carbons (Fsp3) is 0.924. The molecule has 0 saturated carbocycles. The summed E-state index contributed by atoms with van der Waals surface area (Å²) in [5, 5.41) is 23.5. The zero-order chi connectivity index (χ0) is 61.3. The summed E-state index contributed by atoms with van der Waals surface area (Å²) in [5.41, 5.74) is 0. The molecule has 3 N–H and O–H groups in total. The number of hydrogen-bond donors (Lipinski definition) is 3. The van der Waals surface area contributed by atoms with E-state index >= 15 is 0 Å². The van der Waals surface area contributed by atoms with Crippen LogP contribution < -0.4 is 5.32 Å². The Morgan fingerprint density at radius 1 is 0.329 bits per heavy atom. The Morgan fingerprint density at radius 3 is 0.894 bits per heavy atom. The van der Waals surface area contributed by atoms with Crippen molar-refractivity contribution in [1.29, 1.82) is 0 Å². The van der Waals surface area contributed by atoms with Crippen LogP contribution in [0.4, 0.5) is 0 Å². The summed E-state index contributed by atoms with van der Waals surface area (Å²) in [6, 6.07) is -0.546. The minimum atomic E-state index is -0.668. The van der Waals surface area contributed by atoms with E-state index in [0.29, 0.717) is 25.9 Å². The summed E-state index contributed by atoms with van der Waals surface area (Å²) < 4.78 is 5.50.